The van der Waals surface area contributed by atoms with Crippen LogP contribution in [0.4, 0.5) is 5.69 Å². The van der Waals surface area contributed by atoms with Crippen molar-refractivity contribution >= 4 is 11.6 Å². The maximum atomic E-state index is 12.4. The lowest BCUT2D eigenvalue weighted by Crippen LogP contribution is -2.14. The normalized spacial score (nSPS) is 10.4. The molecule has 2 aromatic rings. The van der Waals surface area contributed by atoms with E-state index in [0.29, 0.717) is 12.2 Å². The molecule has 0 aromatic heterocycles. The van der Waals surface area contributed by atoms with Gasteiger partial charge >= 0.3 is 0 Å². The van der Waals surface area contributed by atoms with E-state index in [0.717, 1.165) is 28.8 Å². The molecule has 0 aliphatic carbocycles. The third-order valence-electron chi connectivity index (χ3n) is 3.51. The third kappa shape index (κ3) is 3.70. The monoisotopic (exact) mass is 283 g/mol. The molecule has 0 saturated carbocycles. The molecule has 0 saturated heterocycles. The summed E-state index contributed by atoms with van der Waals surface area (Å²) in [6, 6.07) is 13.6. The molecule has 0 aliphatic rings. The Morgan fingerprint density at radius 3 is 2.48 bits per heavy atom. The first-order valence-electron chi connectivity index (χ1n) is 7.13. The predicted molar refractivity (Wildman–Crippen MR) is 85.7 cm³/mol. The zero-order valence-corrected chi connectivity index (χ0v) is 12.8. The third-order valence-corrected chi connectivity index (χ3v) is 3.51. The van der Waals surface area contributed by atoms with Crippen LogP contribution in [0.15, 0.2) is 42.5 Å². The number of methoxy groups -OCH3 is 1. The van der Waals surface area contributed by atoms with Gasteiger partial charge in [0.2, 0.25) is 0 Å². The molecule has 1 N–H and O–H groups in total. The Labute approximate surface area is 126 Å². The average Bonchev–Trinajstić information content (AvgIpc) is 2.50. The molecule has 110 valence electrons. The molecule has 3 nitrogen and oxygen atoms in total. The van der Waals surface area contributed by atoms with E-state index >= 15 is 0 Å². The summed E-state index contributed by atoms with van der Waals surface area (Å²) >= 11 is 0. The molecule has 0 fully saturated rings. The van der Waals surface area contributed by atoms with Gasteiger partial charge in [0.05, 0.1) is 6.61 Å². The Morgan fingerprint density at radius 1 is 1.14 bits per heavy atom. The Kier molecular flexibility index (Phi) is 5.12. The number of hydrogen-bond donors (Lipinski definition) is 1. The molecule has 0 unspecified atom stereocenters. The first kappa shape index (κ1) is 15.3. The van der Waals surface area contributed by atoms with Gasteiger partial charge in [0.1, 0.15) is 0 Å². The van der Waals surface area contributed by atoms with Crippen LogP contribution < -0.4 is 5.32 Å². The van der Waals surface area contributed by atoms with E-state index < -0.39 is 0 Å². The van der Waals surface area contributed by atoms with Gasteiger partial charge in [-0.1, -0.05) is 37.3 Å². The van der Waals surface area contributed by atoms with Gasteiger partial charge in [-0.25, -0.2) is 0 Å². The van der Waals surface area contributed by atoms with Crippen LogP contribution >= 0.6 is 0 Å². The molecule has 0 radical (unpaired) electrons. The van der Waals surface area contributed by atoms with E-state index in [4.69, 9.17) is 4.74 Å². The van der Waals surface area contributed by atoms with Crippen molar-refractivity contribution in [3.8, 4) is 0 Å². The van der Waals surface area contributed by atoms with Crippen LogP contribution in [-0.4, -0.2) is 13.0 Å². The minimum Gasteiger partial charge on any atom is -0.380 e. The fourth-order valence-corrected chi connectivity index (χ4v) is 2.31. The topological polar surface area (TPSA) is 38.3 Å². The van der Waals surface area contributed by atoms with Crippen LogP contribution in [0.5, 0.6) is 0 Å². The molecular formula is C18H21NO2. The van der Waals surface area contributed by atoms with Crippen molar-refractivity contribution in [2.75, 3.05) is 12.4 Å². The van der Waals surface area contributed by atoms with Gasteiger partial charge in [0.25, 0.3) is 5.91 Å². The number of rotatable bonds is 5. The Hall–Kier alpha value is -2.13. The Morgan fingerprint density at radius 2 is 1.86 bits per heavy atom. The summed E-state index contributed by atoms with van der Waals surface area (Å²) in [6.45, 7) is 4.65. The number of para-hydroxylation sites is 1. The van der Waals surface area contributed by atoms with Crippen LogP contribution in [0.2, 0.25) is 0 Å². The van der Waals surface area contributed by atoms with Gasteiger partial charge < -0.3 is 10.1 Å². The van der Waals surface area contributed by atoms with Gasteiger partial charge in [0.15, 0.2) is 0 Å². The minimum atomic E-state index is -0.0806. The van der Waals surface area contributed by atoms with Crippen molar-refractivity contribution in [2.24, 2.45) is 0 Å². The Bertz CT molecular complexity index is 618. The number of benzene rings is 2. The zero-order valence-electron chi connectivity index (χ0n) is 12.8. The highest BCUT2D eigenvalue weighted by Gasteiger charge is 2.10. The fourth-order valence-electron chi connectivity index (χ4n) is 2.31. The lowest BCUT2D eigenvalue weighted by Gasteiger charge is -2.13. The molecule has 0 heterocycles. The van der Waals surface area contributed by atoms with Gasteiger partial charge in [-0.3, -0.25) is 4.79 Å². The summed E-state index contributed by atoms with van der Waals surface area (Å²) in [7, 11) is 1.66. The summed E-state index contributed by atoms with van der Waals surface area (Å²) in [5, 5.41) is 3.03. The van der Waals surface area contributed by atoms with E-state index in [1.54, 1.807) is 7.11 Å². The second-order valence-electron chi connectivity index (χ2n) is 5.05. The van der Waals surface area contributed by atoms with E-state index in [2.05, 4.69) is 12.2 Å². The summed E-state index contributed by atoms with van der Waals surface area (Å²) < 4.78 is 5.07. The lowest BCUT2D eigenvalue weighted by molar-refractivity contribution is 0.102. The van der Waals surface area contributed by atoms with E-state index in [1.807, 2.05) is 49.4 Å². The molecule has 21 heavy (non-hydrogen) atoms. The number of carbonyl (C=O) groups excluding carboxylic acids is 1. The maximum absolute atomic E-state index is 12.4. The molecule has 0 bridgehead atoms. The van der Waals surface area contributed by atoms with Crippen molar-refractivity contribution in [3.05, 3.63) is 64.7 Å². The second-order valence-corrected chi connectivity index (χ2v) is 5.05. The van der Waals surface area contributed by atoms with Crippen LogP contribution in [0, 0.1) is 6.92 Å². The molecule has 0 spiro atoms. The lowest BCUT2D eigenvalue weighted by atomic mass is 10.1. The molecule has 3 heteroatoms. The molecular weight excluding hydrogens is 262 g/mol. The van der Waals surface area contributed by atoms with Crippen LogP contribution in [0.1, 0.15) is 34.0 Å². The molecule has 0 atom stereocenters. The molecule has 1 amide bonds. The average molecular weight is 283 g/mol. The molecule has 2 aromatic carbocycles. The number of amides is 1. The van der Waals surface area contributed by atoms with Crippen LogP contribution in [0.3, 0.4) is 0 Å². The van der Waals surface area contributed by atoms with E-state index in [1.165, 1.54) is 0 Å². The van der Waals surface area contributed by atoms with Gasteiger partial charge in [-0.2, -0.15) is 0 Å². The minimum absolute atomic E-state index is 0.0806. The molecule has 0 aliphatic heterocycles. The largest absolute Gasteiger partial charge is 0.380 e. The number of hydrogen-bond acceptors (Lipinski definition) is 2. The fraction of sp³-hybridized carbons (Fsp3) is 0.278. The van der Waals surface area contributed by atoms with E-state index in [-0.39, 0.29) is 5.91 Å². The number of nitrogens with one attached hydrogen (secondary N) is 1. The highest BCUT2D eigenvalue weighted by molar-refractivity contribution is 6.05. The first-order valence-corrected chi connectivity index (χ1v) is 7.13. The highest BCUT2D eigenvalue weighted by Crippen LogP contribution is 2.22. The number of ether oxygens (including phenoxy) is 1. The van der Waals surface area contributed by atoms with Crippen molar-refractivity contribution in [2.45, 2.75) is 26.9 Å². The SMILES string of the molecule is CCc1cccc(C)c1NC(=O)c1ccc(COC)cc1. The van der Waals surface area contributed by atoms with Gasteiger partial charge in [-0.05, 0) is 42.2 Å². The van der Waals surface area contributed by atoms with Crippen molar-refractivity contribution in [1.82, 2.24) is 0 Å². The molecule has 2 rings (SSSR count). The number of carbonyl (C=O) groups is 1. The zero-order chi connectivity index (χ0) is 15.2. The highest BCUT2D eigenvalue weighted by atomic mass is 16.5. The quantitative estimate of drug-likeness (QED) is 0.902. The summed E-state index contributed by atoms with van der Waals surface area (Å²) in [4.78, 5) is 12.4. The van der Waals surface area contributed by atoms with Crippen molar-refractivity contribution in [3.63, 3.8) is 0 Å². The van der Waals surface area contributed by atoms with Crippen molar-refractivity contribution in [1.29, 1.82) is 0 Å². The predicted octanol–water partition coefficient (Wildman–Crippen LogP) is 3.96. The van der Waals surface area contributed by atoms with Crippen LogP contribution in [-0.2, 0) is 17.8 Å². The standard InChI is InChI=1S/C18H21NO2/c1-4-15-7-5-6-13(2)17(15)19-18(20)16-10-8-14(9-11-16)12-21-3/h5-11H,4,12H2,1-3H3,(H,19,20). The summed E-state index contributed by atoms with van der Waals surface area (Å²) in [6.07, 6.45) is 0.893. The number of anilines is 1. The van der Waals surface area contributed by atoms with Gasteiger partial charge in [0, 0.05) is 18.4 Å². The van der Waals surface area contributed by atoms with Crippen LogP contribution in [0.25, 0.3) is 0 Å². The number of aryl methyl sites for hydroxylation is 2. The van der Waals surface area contributed by atoms with E-state index in [9.17, 15) is 4.79 Å². The Balaban J connectivity index is 2.18. The summed E-state index contributed by atoms with van der Waals surface area (Å²) in [5.41, 5.74) is 4.86. The van der Waals surface area contributed by atoms with Crippen molar-refractivity contribution < 1.29 is 9.53 Å². The second kappa shape index (κ2) is 7.04. The summed E-state index contributed by atoms with van der Waals surface area (Å²) in [5.74, 6) is -0.0806. The van der Waals surface area contributed by atoms with Gasteiger partial charge in [-0.15, -0.1) is 0 Å². The maximum Gasteiger partial charge on any atom is 0.255 e. The smallest absolute Gasteiger partial charge is 0.255 e. The first-order chi connectivity index (χ1) is 10.2.